The highest BCUT2D eigenvalue weighted by Gasteiger charge is 2.12. The van der Waals surface area contributed by atoms with Crippen LogP contribution in [0.3, 0.4) is 0 Å². The Hall–Kier alpha value is -3.55. The second-order valence-electron chi connectivity index (χ2n) is 5.39. The Morgan fingerprint density at radius 1 is 1.15 bits per heavy atom. The summed E-state index contributed by atoms with van der Waals surface area (Å²) in [5.74, 6) is -0.660. The van der Waals surface area contributed by atoms with Crippen molar-refractivity contribution >= 4 is 18.0 Å². The molecule has 3 N–H and O–H groups in total. The zero-order chi connectivity index (χ0) is 19.6. The van der Waals surface area contributed by atoms with Gasteiger partial charge in [-0.1, -0.05) is 12.1 Å². The Morgan fingerprint density at radius 3 is 2.56 bits per heavy atom. The van der Waals surface area contributed by atoms with Crippen molar-refractivity contribution in [2.45, 2.75) is 13.5 Å². The number of hydrogen-bond acceptors (Lipinski definition) is 6. The number of ether oxygens (including phenoxy) is 2. The molecule has 0 bridgehead atoms. The Kier molecular flexibility index (Phi) is 7.18. The van der Waals surface area contributed by atoms with Crippen LogP contribution in [0.2, 0.25) is 0 Å². The molecule has 2 aromatic rings. The first-order chi connectivity index (χ1) is 13.0. The maximum Gasteiger partial charge on any atom is 0.329 e. The van der Waals surface area contributed by atoms with Gasteiger partial charge in [0.2, 0.25) is 0 Å². The van der Waals surface area contributed by atoms with Gasteiger partial charge in [0, 0.05) is 6.54 Å². The molecule has 0 spiro atoms. The fraction of sp³-hybridized carbons (Fsp3) is 0.211. The van der Waals surface area contributed by atoms with Gasteiger partial charge in [0.1, 0.15) is 5.75 Å². The number of carbonyl (C=O) groups excluding carboxylic acids is 2. The standard InChI is InChI=1S/C19H21N3O5/c1-3-27-17-10-14(6-9-16(17)23)12-21-22-19(25)18(24)20-11-13-4-7-15(26-2)8-5-13/h4-10,12,23H,3,11H2,1-2H3,(H,20,24)(H,22,25). The lowest BCUT2D eigenvalue weighted by Gasteiger charge is -2.06. The average molecular weight is 371 g/mol. The van der Waals surface area contributed by atoms with Gasteiger partial charge in [0.05, 0.1) is 19.9 Å². The lowest BCUT2D eigenvalue weighted by Crippen LogP contribution is -2.37. The number of phenolic OH excluding ortho intramolecular Hbond substituents is 1. The van der Waals surface area contributed by atoms with Crippen molar-refractivity contribution in [1.82, 2.24) is 10.7 Å². The molecule has 8 nitrogen and oxygen atoms in total. The van der Waals surface area contributed by atoms with Crippen LogP contribution in [0.25, 0.3) is 0 Å². The molecule has 27 heavy (non-hydrogen) atoms. The fourth-order valence-electron chi connectivity index (χ4n) is 2.10. The minimum atomic E-state index is -0.886. The van der Waals surface area contributed by atoms with Crippen molar-refractivity contribution in [3.8, 4) is 17.2 Å². The van der Waals surface area contributed by atoms with Gasteiger partial charge in [-0.15, -0.1) is 0 Å². The molecular formula is C19H21N3O5. The molecule has 8 heteroatoms. The van der Waals surface area contributed by atoms with Crippen molar-refractivity contribution in [3.63, 3.8) is 0 Å². The molecule has 2 amide bonds. The molecule has 0 fully saturated rings. The van der Waals surface area contributed by atoms with Gasteiger partial charge in [-0.05, 0) is 48.4 Å². The smallest absolute Gasteiger partial charge is 0.329 e. The first-order valence-electron chi connectivity index (χ1n) is 8.23. The first kappa shape index (κ1) is 19.8. The number of hydrazone groups is 1. The minimum absolute atomic E-state index is 0.0101. The van der Waals surface area contributed by atoms with Crippen molar-refractivity contribution in [2.75, 3.05) is 13.7 Å². The summed E-state index contributed by atoms with van der Waals surface area (Å²) < 4.78 is 10.3. The minimum Gasteiger partial charge on any atom is -0.504 e. The van der Waals surface area contributed by atoms with Gasteiger partial charge in [-0.2, -0.15) is 5.10 Å². The summed E-state index contributed by atoms with van der Waals surface area (Å²) in [6.07, 6.45) is 1.34. The van der Waals surface area contributed by atoms with E-state index in [-0.39, 0.29) is 12.3 Å². The number of benzene rings is 2. The molecule has 2 aromatic carbocycles. The van der Waals surface area contributed by atoms with E-state index >= 15 is 0 Å². The Morgan fingerprint density at radius 2 is 1.89 bits per heavy atom. The van der Waals surface area contributed by atoms with E-state index in [1.807, 2.05) is 0 Å². The van der Waals surface area contributed by atoms with Crippen LogP contribution in [0.4, 0.5) is 0 Å². The van der Waals surface area contributed by atoms with Gasteiger partial charge in [0.15, 0.2) is 11.5 Å². The van der Waals surface area contributed by atoms with E-state index in [9.17, 15) is 14.7 Å². The summed E-state index contributed by atoms with van der Waals surface area (Å²) in [7, 11) is 1.57. The van der Waals surface area contributed by atoms with Gasteiger partial charge in [0.25, 0.3) is 0 Å². The quantitative estimate of drug-likeness (QED) is 0.389. The number of phenols is 1. The predicted molar refractivity (Wildman–Crippen MR) is 99.9 cm³/mol. The van der Waals surface area contributed by atoms with E-state index in [1.165, 1.54) is 12.3 Å². The fourth-order valence-corrected chi connectivity index (χ4v) is 2.10. The molecule has 0 radical (unpaired) electrons. The number of aromatic hydroxyl groups is 1. The normalized spacial score (nSPS) is 10.4. The molecule has 0 aliphatic heterocycles. The Labute approximate surface area is 156 Å². The molecule has 0 aliphatic rings. The highest BCUT2D eigenvalue weighted by Crippen LogP contribution is 2.26. The van der Waals surface area contributed by atoms with E-state index < -0.39 is 11.8 Å². The SMILES string of the molecule is CCOc1cc(C=NNC(=O)C(=O)NCc2ccc(OC)cc2)ccc1O. The highest BCUT2D eigenvalue weighted by atomic mass is 16.5. The van der Waals surface area contributed by atoms with E-state index in [4.69, 9.17) is 9.47 Å². The van der Waals surface area contributed by atoms with E-state index in [1.54, 1.807) is 50.4 Å². The summed E-state index contributed by atoms with van der Waals surface area (Å²) in [6.45, 7) is 2.40. The van der Waals surface area contributed by atoms with E-state index in [0.717, 1.165) is 5.56 Å². The third-order valence-corrected chi connectivity index (χ3v) is 3.48. The average Bonchev–Trinajstić information content (AvgIpc) is 2.69. The van der Waals surface area contributed by atoms with Crippen molar-refractivity contribution in [2.24, 2.45) is 5.10 Å². The van der Waals surface area contributed by atoms with Crippen LogP contribution in [0, 0.1) is 0 Å². The highest BCUT2D eigenvalue weighted by molar-refractivity contribution is 6.35. The summed E-state index contributed by atoms with van der Waals surface area (Å²) in [5, 5.41) is 15.9. The van der Waals surface area contributed by atoms with Crippen LogP contribution in [0.1, 0.15) is 18.1 Å². The summed E-state index contributed by atoms with van der Waals surface area (Å²) in [5.41, 5.74) is 3.57. The van der Waals surface area contributed by atoms with Crippen LogP contribution < -0.4 is 20.2 Å². The molecule has 0 aromatic heterocycles. The number of amides is 2. The van der Waals surface area contributed by atoms with Crippen molar-refractivity contribution in [3.05, 3.63) is 53.6 Å². The van der Waals surface area contributed by atoms with Crippen LogP contribution >= 0.6 is 0 Å². The molecular weight excluding hydrogens is 350 g/mol. The summed E-state index contributed by atoms with van der Waals surface area (Å²) >= 11 is 0. The molecule has 0 saturated heterocycles. The third-order valence-electron chi connectivity index (χ3n) is 3.48. The maximum atomic E-state index is 11.8. The molecule has 0 aliphatic carbocycles. The zero-order valence-corrected chi connectivity index (χ0v) is 15.1. The van der Waals surface area contributed by atoms with Gasteiger partial charge in [-0.25, -0.2) is 5.43 Å². The second kappa shape index (κ2) is 9.81. The summed E-state index contributed by atoms with van der Waals surface area (Å²) in [6, 6.07) is 11.7. The number of methoxy groups -OCH3 is 1. The zero-order valence-electron chi connectivity index (χ0n) is 15.1. The lowest BCUT2D eigenvalue weighted by molar-refractivity contribution is -0.139. The molecule has 142 valence electrons. The first-order valence-corrected chi connectivity index (χ1v) is 8.23. The second-order valence-corrected chi connectivity index (χ2v) is 5.39. The molecule has 2 rings (SSSR count). The van der Waals surface area contributed by atoms with Gasteiger partial charge >= 0.3 is 11.8 Å². The number of nitrogens with one attached hydrogen (secondary N) is 2. The molecule has 0 heterocycles. The Bertz CT molecular complexity index is 819. The summed E-state index contributed by atoms with van der Waals surface area (Å²) in [4.78, 5) is 23.5. The topological polar surface area (TPSA) is 109 Å². The molecule has 0 saturated carbocycles. The molecule has 0 atom stereocenters. The van der Waals surface area contributed by atoms with Crippen LogP contribution in [-0.2, 0) is 16.1 Å². The van der Waals surface area contributed by atoms with Gasteiger partial charge in [-0.3, -0.25) is 9.59 Å². The van der Waals surface area contributed by atoms with Crippen molar-refractivity contribution in [1.29, 1.82) is 0 Å². The van der Waals surface area contributed by atoms with Crippen molar-refractivity contribution < 1.29 is 24.2 Å². The predicted octanol–water partition coefficient (Wildman–Crippen LogP) is 1.57. The Balaban J connectivity index is 1.84. The maximum absolute atomic E-state index is 11.8. The van der Waals surface area contributed by atoms with E-state index in [0.29, 0.717) is 23.7 Å². The van der Waals surface area contributed by atoms with Crippen LogP contribution in [-0.4, -0.2) is 36.9 Å². The largest absolute Gasteiger partial charge is 0.504 e. The number of carbonyl (C=O) groups is 2. The lowest BCUT2D eigenvalue weighted by atomic mass is 10.2. The monoisotopic (exact) mass is 371 g/mol. The van der Waals surface area contributed by atoms with Crippen LogP contribution in [0.5, 0.6) is 17.2 Å². The van der Waals surface area contributed by atoms with E-state index in [2.05, 4.69) is 15.8 Å². The number of hydrogen-bond donors (Lipinski definition) is 3. The third kappa shape index (κ3) is 6.03. The number of rotatable bonds is 7. The molecule has 0 unspecified atom stereocenters. The van der Waals surface area contributed by atoms with Crippen LogP contribution in [0.15, 0.2) is 47.6 Å². The van der Waals surface area contributed by atoms with Gasteiger partial charge < -0.3 is 19.9 Å². The number of nitrogens with zero attached hydrogens (tertiary/aromatic N) is 1.